The predicted octanol–water partition coefficient (Wildman–Crippen LogP) is 2.03. The van der Waals surface area contributed by atoms with E-state index in [0.29, 0.717) is 24.8 Å². The van der Waals surface area contributed by atoms with Crippen LogP contribution in [0.1, 0.15) is 26.7 Å². The van der Waals surface area contributed by atoms with Crippen LogP contribution >= 0.6 is 11.8 Å². The highest BCUT2D eigenvalue weighted by Crippen LogP contribution is 2.13. The number of nitrogens with two attached hydrogens (primary N) is 1. The van der Waals surface area contributed by atoms with Gasteiger partial charge in [0.05, 0.1) is 0 Å². The summed E-state index contributed by atoms with van der Waals surface area (Å²) in [5.74, 6) is 2.92. The Kier molecular flexibility index (Phi) is 10.4. The fourth-order valence-corrected chi connectivity index (χ4v) is 2.27. The molecule has 3 N–H and O–H groups in total. The van der Waals surface area contributed by atoms with E-state index in [9.17, 15) is 4.79 Å². The summed E-state index contributed by atoms with van der Waals surface area (Å²) >= 11 is 1.77. The van der Waals surface area contributed by atoms with Gasteiger partial charge in [0, 0.05) is 24.5 Å². The lowest BCUT2D eigenvalue weighted by molar-refractivity contribution is -0.121. The van der Waals surface area contributed by atoms with Gasteiger partial charge in [0.1, 0.15) is 0 Å². The highest BCUT2D eigenvalue weighted by Gasteiger charge is 2.13. The van der Waals surface area contributed by atoms with Crippen molar-refractivity contribution in [2.45, 2.75) is 26.7 Å². The molecule has 1 atom stereocenters. The normalized spacial score (nSPS) is 12.5. The van der Waals surface area contributed by atoms with Crippen molar-refractivity contribution >= 4 is 17.7 Å². The van der Waals surface area contributed by atoms with Crippen LogP contribution in [-0.2, 0) is 4.79 Å². The van der Waals surface area contributed by atoms with Gasteiger partial charge in [0.15, 0.2) is 0 Å². The summed E-state index contributed by atoms with van der Waals surface area (Å²) in [6.07, 6.45) is 3.45. The topological polar surface area (TPSA) is 55.1 Å². The molecule has 0 heterocycles. The number of hydrogen-bond acceptors (Lipinski definition) is 3. The third-order valence-corrected chi connectivity index (χ3v) is 3.38. The number of nitrogens with one attached hydrogen (secondary N) is 1. The molecule has 0 aliphatic carbocycles. The number of rotatable bonds is 10. The first kappa shape index (κ1) is 16.5. The van der Waals surface area contributed by atoms with E-state index in [0.717, 1.165) is 24.5 Å². The SMILES string of the molecule is C=CCSCCNC(=O)CC(CN)CC(C)C. The van der Waals surface area contributed by atoms with E-state index >= 15 is 0 Å². The molecule has 0 saturated heterocycles. The van der Waals surface area contributed by atoms with Crippen molar-refractivity contribution in [3.05, 3.63) is 12.7 Å². The van der Waals surface area contributed by atoms with Crippen molar-refractivity contribution in [3.63, 3.8) is 0 Å². The first-order valence-electron chi connectivity index (χ1n) is 6.25. The third kappa shape index (κ3) is 10.4. The molecule has 17 heavy (non-hydrogen) atoms. The van der Waals surface area contributed by atoms with Gasteiger partial charge in [-0.1, -0.05) is 19.9 Å². The Morgan fingerprint density at radius 1 is 1.53 bits per heavy atom. The van der Waals surface area contributed by atoms with Crippen LogP contribution in [0.4, 0.5) is 0 Å². The quantitative estimate of drug-likeness (QED) is 0.466. The molecule has 0 aromatic rings. The summed E-state index contributed by atoms with van der Waals surface area (Å²) < 4.78 is 0. The molecule has 0 fully saturated rings. The van der Waals surface area contributed by atoms with E-state index in [4.69, 9.17) is 5.73 Å². The highest BCUT2D eigenvalue weighted by atomic mass is 32.2. The van der Waals surface area contributed by atoms with Gasteiger partial charge < -0.3 is 11.1 Å². The zero-order valence-electron chi connectivity index (χ0n) is 11.1. The number of amides is 1. The number of thioether (sulfide) groups is 1. The molecule has 0 radical (unpaired) electrons. The molecule has 0 aromatic heterocycles. The number of carbonyl (C=O) groups excluding carboxylic acids is 1. The number of hydrogen-bond donors (Lipinski definition) is 2. The van der Waals surface area contributed by atoms with E-state index in [1.165, 1.54) is 0 Å². The van der Waals surface area contributed by atoms with E-state index < -0.39 is 0 Å². The van der Waals surface area contributed by atoms with Crippen LogP contribution in [-0.4, -0.2) is 30.5 Å². The van der Waals surface area contributed by atoms with Gasteiger partial charge in [0.25, 0.3) is 0 Å². The molecule has 0 spiro atoms. The van der Waals surface area contributed by atoms with E-state index in [-0.39, 0.29) is 5.91 Å². The molecule has 0 bridgehead atoms. The summed E-state index contributed by atoms with van der Waals surface area (Å²) in [5.41, 5.74) is 5.67. The van der Waals surface area contributed by atoms with Gasteiger partial charge in [-0.25, -0.2) is 0 Å². The first-order valence-corrected chi connectivity index (χ1v) is 7.41. The minimum atomic E-state index is 0.125. The highest BCUT2D eigenvalue weighted by molar-refractivity contribution is 7.99. The van der Waals surface area contributed by atoms with Gasteiger partial charge in [-0.05, 0) is 24.8 Å². The molecule has 0 aliphatic rings. The summed E-state index contributed by atoms with van der Waals surface area (Å²) in [6.45, 7) is 9.29. The van der Waals surface area contributed by atoms with Crippen LogP contribution in [0.2, 0.25) is 0 Å². The number of carbonyl (C=O) groups is 1. The van der Waals surface area contributed by atoms with Gasteiger partial charge in [0.2, 0.25) is 5.91 Å². The van der Waals surface area contributed by atoms with E-state index in [1.54, 1.807) is 11.8 Å². The molecule has 100 valence electrons. The molecular formula is C13H26N2OS. The molecule has 0 aliphatic heterocycles. The lowest BCUT2D eigenvalue weighted by Gasteiger charge is -2.16. The van der Waals surface area contributed by atoms with Crippen molar-refractivity contribution in [2.24, 2.45) is 17.6 Å². The summed E-state index contributed by atoms with van der Waals surface area (Å²) in [6, 6.07) is 0. The van der Waals surface area contributed by atoms with Crippen molar-refractivity contribution in [3.8, 4) is 0 Å². The van der Waals surface area contributed by atoms with Crippen LogP contribution in [0.5, 0.6) is 0 Å². The fourth-order valence-electron chi connectivity index (χ4n) is 1.69. The average molecular weight is 258 g/mol. The average Bonchev–Trinajstić information content (AvgIpc) is 2.27. The Bertz CT molecular complexity index is 219. The largest absolute Gasteiger partial charge is 0.355 e. The standard InChI is InChI=1S/C13H26N2OS/c1-4-6-17-7-5-15-13(16)9-12(10-14)8-11(2)3/h4,11-12H,1,5-10,14H2,2-3H3,(H,15,16). The minimum absolute atomic E-state index is 0.125. The zero-order valence-corrected chi connectivity index (χ0v) is 11.9. The third-order valence-electron chi connectivity index (χ3n) is 2.42. The Morgan fingerprint density at radius 2 is 2.24 bits per heavy atom. The maximum atomic E-state index is 11.6. The Hall–Kier alpha value is -0.480. The van der Waals surface area contributed by atoms with Crippen LogP contribution in [0.15, 0.2) is 12.7 Å². The van der Waals surface area contributed by atoms with Crippen molar-refractivity contribution < 1.29 is 4.79 Å². The summed E-state index contributed by atoms with van der Waals surface area (Å²) in [7, 11) is 0. The van der Waals surface area contributed by atoms with E-state index in [2.05, 4.69) is 25.7 Å². The maximum Gasteiger partial charge on any atom is 0.220 e. The van der Waals surface area contributed by atoms with Crippen LogP contribution in [0, 0.1) is 11.8 Å². The molecule has 1 unspecified atom stereocenters. The van der Waals surface area contributed by atoms with Crippen molar-refractivity contribution in [1.82, 2.24) is 5.32 Å². The van der Waals surface area contributed by atoms with Crippen molar-refractivity contribution in [1.29, 1.82) is 0 Å². The summed E-state index contributed by atoms with van der Waals surface area (Å²) in [5, 5.41) is 2.93. The van der Waals surface area contributed by atoms with Gasteiger partial charge in [-0.2, -0.15) is 11.8 Å². The second-order valence-electron chi connectivity index (χ2n) is 4.65. The van der Waals surface area contributed by atoms with Gasteiger partial charge in [-0.15, -0.1) is 6.58 Å². The smallest absolute Gasteiger partial charge is 0.220 e. The van der Waals surface area contributed by atoms with Crippen molar-refractivity contribution in [2.75, 3.05) is 24.6 Å². The second-order valence-corrected chi connectivity index (χ2v) is 5.80. The van der Waals surface area contributed by atoms with Gasteiger partial charge >= 0.3 is 0 Å². The molecule has 4 heteroatoms. The van der Waals surface area contributed by atoms with Crippen LogP contribution in [0.3, 0.4) is 0 Å². The summed E-state index contributed by atoms with van der Waals surface area (Å²) in [4.78, 5) is 11.6. The Labute approximate surface area is 110 Å². The monoisotopic (exact) mass is 258 g/mol. The molecule has 0 saturated carbocycles. The fraction of sp³-hybridized carbons (Fsp3) is 0.769. The molecular weight excluding hydrogens is 232 g/mol. The maximum absolute atomic E-state index is 11.6. The first-order chi connectivity index (χ1) is 8.10. The van der Waals surface area contributed by atoms with Crippen LogP contribution < -0.4 is 11.1 Å². The Morgan fingerprint density at radius 3 is 2.76 bits per heavy atom. The lowest BCUT2D eigenvalue weighted by atomic mass is 9.94. The predicted molar refractivity (Wildman–Crippen MR) is 77.1 cm³/mol. The van der Waals surface area contributed by atoms with Gasteiger partial charge in [-0.3, -0.25) is 4.79 Å². The van der Waals surface area contributed by atoms with E-state index in [1.807, 2.05) is 6.08 Å². The lowest BCUT2D eigenvalue weighted by Crippen LogP contribution is -2.30. The Balaban J connectivity index is 3.64. The molecule has 0 rings (SSSR count). The minimum Gasteiger partial charge on any atom is -0.355 e. The molecule has 1 amide bonds. The second kappa shape index (κ2) is 10.7. The molecule has 0 aromatic carbocycles. The van der Waals surface area contributed by atoms with Crippen LogP contribution in [0.25, 0.3) is 0 Å². The zero-order chi connectivity index (χ0) is 13.1. The molecule has 3 nitrogen and oxygen atoms in total.